The molecule has 1 amide bonds. The van der Waals surface area contributed by atoms with Crippen molar-refractivity contribution in [3.8, 4) is 16.9 Å². The van der Waals surface area contributed by atoms with Gasteiger partial charge in [0.1, 0.15) is 5.75 Å². The van der Waals surface area contributed by atoms with Crippen LogP contribution in [-0.4, -0.2) is 25.1 Å². The third-order valence-electron chi connectivity index (χ3n) is 4.85. The zero-order valence-electron chi connectivity index (χ0n) is 13.6. The third kappa shape index (κ3) is 2.89. The van der Waals surface area contributed by atoms with E-state index < -0.39 is 0 Å². The number of amides is 1. The highest BCUT2D eigenvalue weighted by Gasteiger charge is 2.29. The van der Waals surface area contributed by atoms with Gasteiger partial charge in [-0.05, 0) is 24.9 Å². The van der Waals surface area contributed by atoms with E-state index in [1.807, 2.05) is 24.3 Å². The third-order valence-corrected chi connectivity index (χ3v) is 4.85. The summed E-state index contributed by atoms with van der Waals surface area (Å²) in [6.45, 7) is 1.56. The second-order valence-electron chi connectivity index (χ2n) is 6.44. The number of para-hydroxylation sites is 1. The van der Waals surface area contributed by atoms with E-state index in [9.17, 15) is 4.79 Å². The first-order chi connectivity index (χ1) is 11.8. The fourth-order valence-corrected chi connectivity index (χ4v) is 3.60. The first-order valence-corrected chi connectivity index (χ1v) is 8.68. The minimum atomic E-state index is -0.0476. The molecule has 0 spiro atoms. The lowest BCUT2D eigenvalue weighted by Gasteiger charge is -2.29. The first kappa shape index (κ1) is 15.2. The molecule has 4 nitrogen and oxygen atoms in total. The van der Waals surface area contributed by atoms with Crippen LogP contribution < -0.4 is 15.4 Å². The van der Waals surface area contributed by atoms with Gasteiger partial charge in [-0.1, -0.05) is 48.5 Å². The van der Waals surface area contributed by atoms with E-state index in [4.69, 9.17) is 4.74 Å². The molecule has 4 heteroatoms. The standard InChI is InChI=1S/C20H22N2O2/c23-20(18-10-5-12-21-18)22-17-11-13-24-19-15(8-4-9-16(17)19)14-6-2-1-3-7-14/h1-4,6-9,17-18,21H,5,10-13H2,(H,22,23). The molecule has 1 fully saturated rings. The van der Waals surface area contributed by atoms with Gasteiger partial charge in [-0.2, -0.15) is 0 Å². The number of benzene rings is 2. The monoisotopic (exact) mass is 322 g/mol. The number of carbonyl (C=O) groups excluding carboxylic acids is 1. The van der Waals surface area contributed by atoms with Crippen LogP contribution in [0, 0.1) is 0 Å². The molecule has 0 bridgehead atoms. The first-order valence-electron chi connectivity index (χ1n) is 8.68. The average molecular weight is 322 g/mol. The number of nitrogens with one attached hydrogen (secondary N) is 2. The molecule has 2 aromatic rings. The maximum atomic E-state index is 12.5. The van der Waals surface area contributed by atoms with Crippen molar-refractivity contribution in [2.45, 2.75) is 31.3 Å². The summed E-state index contributed by atoms with van der Waals surface area (Å²) >= 11 is 0. The molecule has 2 aromatic carbocycles. The van der Waals surface area contributed by atoms with E-state index in [0.29, 0.717) is 6.61 Å². The molecule has 2 N–H and O–H groups in total. The molecule has 2 aliphatic heterocycles. The lowest BCUT2D eigenvalue weighted by molar-refractivity contribution is -0.123. The quantitative estimate of drug-likeness (QED) is 0.913. The lowest BCUT2D eigenvalue weighted by atomic mass is 9.94. The topological polar surface area (TPSA) is 50.4 Å². The normalized spacial score (nSPS) is 22.5. The lowest BCUT2D eigenvalue weighted by Crippen LogP contribution is -2.43. The average Bonchev–Trinajstić information content (AvgIpc) is 3.17. The van der Waals surface area contributed by atoms with Crippen LogP contribution in [0.5, 0.6) is 5.75 Å². The molecule has 124 valence electrons. The Bertz CT molecular complexity index is 724. The predicted molar refractivity (Wildman–Crippen MR) is 93.9 cm³/mol. The van der Waals surface area contributed by atoms with Crippen molar-refractivity contribution in [1.29, 1.82) is 0 Å². The number of hydrogen-bond donors (Lipinski definition) is 2. The second kappa shape index (κ2) is 6.65. The van der Waals surface area contributed by atoms with Crippen LogP contribution in [0.2, 0.25) is 0 Å². The minimum Gasteiger partial charge on any atom is -0.492 e. The van der Waals surface area contributed by atoms with Crippen molar-refractivity contribution in [3.63, 3.8) is 0 Å². The summed E-state index contributed by atoms with van der Waals surface area (Å²) in [4.78, 5) is 12.5. The van der Waals surface area contributed by atoms with E-state index in [1.165, 1.54) is 0 Å². The van der Waals surface area contributed by atoms with Crippen molar-refractivity contribution in [2.24, 2.45) is 0 Å². The van der Waals surface area contributed by atoms with Gasteiger partial charge in [-0.25, -0.2) is 0 Å². The molecule has 2 unspecified atom stereocenters. The van der Waals surface area contributed by atoms with Crippen LogP contribution in [0.3, 0.4) is 0 Å². The smallest absolute Gasteiger partial charge is 0.237 e. The number of carbonyl (C=O) groups is 1. The molecule has 0 radical (unpaired) electrons. The highest BCUT2D eigenvalue weighted by molar-refractivity contribution is 5.83. The summed E-state index contributed by atoms with van der Waals surface area (Å²) in [6.07, 6.45) is 2.80. The molecule has 2 atom stereocenters. The molecule has 0 saturated carbocycles. The van der Waals surface area contributed by atoms with Gasteiger partial charge in [-0.3, -0.25) is 4.79 Å². The zero-order valence-corrected chi connectivity index (χ0v) is 13.6. The maximum Gasteiger partial charge on any atom is 0.237 e. The Kier molecular flexibility index (Phi) is 4.22. The van der Waals surface area contributed by atoms with E-state index >= 15 is 0 Å². The Labute approximate surface area is 142 Å². The summed E-state index contributed by atoms with van der Waals surface area (Å²) in [7, 11) is 0. The van der Waals surface area contributed by atoms with E-state index in [0.717, 1.165) is 48.2 Å². The van der Waals surface area contributed by atoms with Crippen molar-refractivity contribution in [1.82, 2.24) is 10.6 Å². The van der Waals surface area contributed by atoms with Crippen LogP contribution in [0.25, 0.3) is 11.1 Å². The van der Waals surface area contributed by atoms with Gasteiger partial charge >= 0.3 is 0 Å². The fraction of sp³-hybridized carbons (Fsp3) is 0.350. The Morgan fingerprint density at radius 3 is 2.75 bits per heavy atom. The largest absolute Gasteiger partial charge is 0.492 e. The summed E-state index contributed by atoms with van der Waals surface area (Å²) in [6, 6.07) is 16.4. The maximum absolute atomic E-state index is 12.5. The highest BCUT2D eigenvalue weighted by Crippen LogP contribution is 2.40. The Morgan fingerprint density at radius 2 is 1.96 bits per heavy atom. The molecule has 0 aliphatic carbocycles. The molecule has 2 aliphatic rings. The number of fused-ring (bicyclic) bond motifs is 1. The van der Waals surface area contributed by atoms with Crippen LogP contribution >= 0.6 is 0 Å². The number of hydrogen-bond acceptors (Lipinski definition) is 3. The predicted octanol–water partition coefficient (Wildman–Crippen LogP) is 3.05. The van der Waals surface area contributed by atoms with Crippen LogP contribution in [0.1, 0.15) is 30.9 Å². The molecular weight excluding hydrogens is 300 g/mol. The van der Waals surface area contributed by atoms with E-state index in [2.05, 4.69) is 34.9 Å². The minimum absolute atomic E-state index is 0.0207. The Hall–Kier alpha value is -2.33. The molecule has 1 saturated heterocycles. The van der Waals surface area contributed by atoms with Gasteiger partial charge in [0.25, 0.3) is 0 Å². The van der Waals surface area contributed by atoms with Gasteiger partial charge in [0, 0.05) is 17.5 Å². The number of ether oxygens (including phenoxy) is 1. The molecule has 0 aromatic heterocycles. The van der Waals surface area contributed by atoms with Crippen LogP contribution in [-0.2, 0) is 4.79 Å². The number of rotatable bonds is 3. The van der Waals surface area contributed by atoms with Crippen molar-refractivity contribution in [3.05, 3.63) is 54.1 Å². The summed E-state index contributed by atoms with van der Waals surface area (Å²) in [5.41, 5.74) is 3.30. The van der Waals surface area contributed by atoms with Gasteiger partial charge in [-0.15, -0.1) is 0 Å². The van der Waals surface area contributed by atoms with Crippen LogP contribution in [0.15, 0.2) is 48.5 Å². The molecule has 2 heterocycles. The van der Waals surface area contributed by atoms with Gasteiger partial charge in [0.2, 0.25) is 5.91 Å². The SMILES string of the molecule is O=C(NC1CCOc2c(-c3ccccc3)cccc21)C1CCCN1. The summed E-state index contributed by atoms with van der Waals surface area (Å²) in [5, 5.41) is 6.48. The second-order valence-corrected chi connectivity index (χ2v) is 6.44. The summed E-state index contributed by atoms with van der Waals surface area (Å²) < 4.78 is 5.98. The Morgan fingerprint density at radius 1 is 1.08 bits per heavy atom. The van der Waals surface area contributed by atoms with Crippen molar-refractivity contribution < 1.29 is 9.53 Å². The van der Waals surface area contributed by atoms with E-state index in [1.54, 1.807) is 0 Å². The van der Waals surface area contributed by atoms with Gasteiger partial charge < -0.3 is 15.4 Å². The Balaban J connectivity index is 1.62. The van der Waals surface area contributed by atoms with Gasteiger partial charge in [0.05, 0.1) is 18.7 Å². The van der Waals surface area contributed by atoms with Crippen LogP contribution in [0.4, 0.5) is 0 Å². The summed E-state index contributed by atoms with van der Waals surface area (Å²) in [5.74, 6) is 1.01. The molecule has 24 heavy (non-hydrogen) atoms. The molecular formula is C20H22N2O2. The zero-order chi connectivity index (χ0) is 16.4. The molecule has 4 rings (SSSR count). The highest BCUT2D eigenvalue weighted by atomic mass is 16.5. The van der Waals surface area contributed by atoms with Crippen molar-refractivity contribution in [2.75, 3.05) is 13.2 Å². The fourth-order valence-electron chi connectivity index (χ4n) is 3.60. The van der Waals surface area contributed by atoms with Crippen molar-refractivity contribution >= 4 is 5.91 Å². The van der Waals surface area contributed by atoms with Gasteiger partial charge in [0.15, 0.2) is 0 Å². The van der Waals surface area contributed by atoms with E-state index in [-0.39, 0.29) is 18.0 Å².